The van der Waals surface area contributed by atoms with Crippen LogP contribution in [0.2, 0.25) is 0 Å². The van der Waals surface area contributed by atoms with Gasteiger partial charge in [0, 0.05) is 17.8 Å². The first-order valence-electron chi connectivity index (χ1n) is 11.7. The summed E-state index contributed by atoms with van der Waals surface area (Å²) in [6, 6.07) is 14.9. The minimum atomic E-state index is -0.169. The maximum absolute atomic E-state index is 10.6. The monoisotopic (exact) mass is 401 g/mol. The van der Waals surface area contributed by atoms with Crippen molar-refractivity contribution in [1.29, 1.82) is 0 Å². The minimum Gasteiger partial charge on any atom is -0.392 e. The Hall–Kier alpha value is -2.19. The molecule has 1 aromatic carbocycles. The van der Waals surface area contributed by atoms with E-state index in [1.165, 1.54) is 42.5 Å². The molecule has 1 saturated carbocycles. The van der Waals surface area contributed by atoms with E-state index >= 15 is 0 Å². The van der Waals surface area contributed by atoms with Crippen molar-refractivity contribution in [3.8, 4) is 0 Å². The zero-order valence-electron chi connectivity index (χ0n) is 18.2. The Morgan fingerprint density at radius 1 is 1.07 bits per heavy atom. The van der Waals surface area contributed by atoms with Crippen molar-refractivity contribution in [2.24, 2.45) is 17.8 Å². The largest absolute Gasteiger partial charge is 0.392 e. The molecule has 0 amide bonds. The van der Waals surface area contributed by atoms with E-state index in [4.69, 9.17) is 0 Å². The van der Waals surface area contributed by atoms with Gasteiger partial charge in [-0.25, -0.2) is 0 Å². The van der Waals surface area contributed by atoms with Crippen LogP contribution in [-0.2, 0) is 12.8 Å². The molecule has 158 valence electrons. The second kappa shape index (κ2) is 10.2. The zero-order chi connectivity index (χ0) is 20.8. The highest BCUT2D eigenvalue weighted by atomic mass is 16.3. The van der Waals surface area contributed by atoms with E-state index in [0.717, 1.165) is 25.7 Å². The lowest BCUT2D eigenvalue weighted by molar-refractivity contribution is 0.141. The van der Waals surface area contributed by atoms with Crippen molar-refractivity contribution in [2.75, 3.05) is 0 Å². The van der Waals surface area contributed by atoms with Crippen LogP contribution in [0.25, 0.3) is 0 Å². The summed E-state index contributed by atoms with van der Waals surface area (Å²) in [5, 5.41) is 10.6. The Kier molecular flexibility index (Phi) is 7.17. The number of pyridine rings is 1. The molecular weight excluding hydrogens is 366 g/mol. The SMILES string of the molecule is Cc1cccc(CC/C=C/[C@@H]2[C@H]3CC(CCCCc4ccccn4)=C[C@H]3C[C@H]2O)c1. The van der Waals surface area contributed by atoms with Gasteiger partial charge in [-0.15, -0.1) is 0 Å². The molecule has 0 unspecified atom stereocenters. The number of fused-ring (bicyclic) bond motifs is 1. The lowest BCUT2D eigenvalue weighted by Gasteiger charge is -2.18. The number of hydrogen-bond acceptors (Lipinski definition) is 2. The number of aliphatic hydroxyl groups is 1. The second-order valence-electron chi connectivity index (χ2n) is 9.22. The number of benzene rings is 1. The zero-order valence-corrected chi connectivity index (χ0v) is 18.2. The topological polar surface area (TPSA) is 33.1 Å². The maximum atomic E-state index is 10.6. The number of aliphatic hydroxyl groups excluding tert-OH is 1. The molecule has 4 rings (SSSR count). The van der Waals surface area contributed by atoms with Crippen LogP contribution >= 0.6 is 0 Å². The number of unbranched alkanes of at least 4 members (excludes halogenated alkanes) is 1. The normalized spacial score (nSPS) is 25.6. The molecule has 0 aliphatic heterocycles. The first kappa shape index (κ1) is 21.1. The van der Waals surface area contributed by atoms with Gasteiger partial charge in [-0.2, -0.15) is 0 Å². The Balaban J connectivity index is 1.21. The van der Waals surface area contributed by atoms with E-state index in [-0.39, 0.29) is 6.10 Å². The molecule has 4 atom stereocenters. The predicted molar refractivity (Wildman–Crippen MR) is 124 cm³/mol. The van der Waals surface area contributed by atoms with Crippen LogP contribution in [0.1, 0.15) is 55.3 Å². The molecule has 1 heterocycles. The summed E-state index contributed by atoms with van der Waals surface area (Å²) < 4.78 is 0. The lowest BCUT2D eigenvalue weighted by Crippen LogP contribution is -2.17. The third kappa shape index (κ3) is 5.49. The van der Waals surface area contributed by atoms with Gasteiger partial charge in [0.2, 0.25) is 0 Å². The summed E-state index contributed by atoms with van der Waals surface area (Å²) in [4.78, 5) is 4.42. The van der Waals surface area contributed by atoms with Gasteiger partial charge in [0.15, 0.2) is 0 Å². The molecule has 2 heteroatoms. The quantitative estimate of drug-likeness (QED) is 0.399. The molecule has 1 fully saturated rings. The van der Waals surface area contributed by atoms with E-state index in [2.05, 4.69) is 66.5 Å². The number of nitrogens with zero attached hydrogens (tertiary/aromatic N) is 1. The van der Waals surface area contributed by atoms with Gasteiger partial charge in [-0.1, -0.05) is 59.7 Å². The van der Waals surface area contributed by atoms with Gasteiger partial charge in [0.05, 0.1) is 6.10 Å². The van der Waals surface area contributed by atoms with Gasteiger partial charge < -0.3 is 5.11 Å². The molecule has 2 aromatic rings. The molecule has 0 saturated heterocycles. The molecule has 30 heavy (non-hydrogen) atoms. The highest BCUT2D eigenvalue weighted by Gasteiger charge is 2.42. The average molecular weight is 402 g/mol. The fourth-order valence-corrected chi connectivity index (χ4v) is 5.37. The van der Waals surface area contributed by atoms with Gasteiger partial charge in [0.25, 0.3) is 0 Å². The van der Waals surface area contributed by atoms with Crippen LogP contribution in [0.4, 0.5) is 0 Å². The Morgan fingerprint density at radius 3 is 2.80 bits per heavy atom. The predicted octanol–water partition coefficient (Wildman–Crippen LogP) is 6.24. The molecule has 2 nitrogen and oxygen atoms in total. The molecule has 2 aliphatic rings. The number of aromatic nitrogens is 1. The van der Waals surface area contributed by atoms with E-state index < -0.39 is 0 Å². The first-order valence-corrected chi connectivity index (χ1v) is 11.7. The van der Waals surface area contributed by atoms with Gasteiger partial charge in [-0.05, 0) is 87.8 Å². The van der Waals surface area contributed by atoms with E-state index in [1.807, 2.05) is 12.3 Å². The van der Waals surface area contributed by atoms with Crippen LogP contribution < -0.4 is 0 Å². The molecular formula is C28H35NO. The van der Waals surface area contributed by atoms with Crippen molar-refractivity contribution in [3.05, 3.63) is 89.3 Å². The van der Waals surface area contributed by atoms with Crippen LogP contribution in [0, 0.1) is 24.7 Å². The summed E-state index contributed by atoms with van der Waals surface area (Å²) in [6.07, 6.45) is 17.8. The number of hydrogen-bond donors (Lipinski definition) is 1. The lowest BCUT2D eigenvalue weighted by atomic mass is 9.88. The van der Waals surface area contributed by atoms with Crippen molar-refractivity contribution in [1.82, 2.24) is 4.98 Å². The standard InChI is InChI=1S/C28H35NO/c1-21-9-8-12-22(17-21)10-3-5-15-26-27-19-23(18-24(27)20-28(26)30)11-2-4-13-25-14-6-7-16-29-25/h5-9,12,14-18,24,26-28,30H,2-4,10-11,13,19-20H2,1H3/b15-5+/t24-,26+,27-,28+/m0/s1. The summed E-state index contributed by atoms with van der Waals surface area (Å²) in [6.45, 7) is 2.15. The van der Waals surface area contributed by atoms with Crippen molar-refractivity contribution in [3.63, 3.8) is 0 Å². The van der Waals surface area contributed by atoms with Crippen molar-refractivity contribution >= 4 is 0 Å². The van der Waals surface area contributed by atoms with E-state index in [0.29, 0.717) is 17.8 Å². The molecule has 0 radical (unpaired) electrons. The third-order valence-corrected chi connectivity index (χ3v) is 6.90. The third-order valence-electron chi connectivity index (χ3n) is 6.90. The van der Waals surface area contributed by atoms with Gasteiger partial charge in [0.1, 0.15) is 0 Å². The smallest absolute Gasteiger partial charge is 0.0611 e. The van der Waals surface area contributed by atoms with Crippen LogP contribution in [0.5, 0.6) is 0 Å². The van der Waals surface area contributed by atoms with Crippen molar-refractivity contribution in [2.45, 2.75) is 64.4 Å². The minimum absolute atomic E-state index is 0.169. The maximum Gasteiger partial charge on any atom is 0.0611 e. The van der Waals surface area contributed by atoms with E-state index in [1.54, 1.807) is 5.57 Å². The highest BCUT2D eigenvalue weighted by Crippen LogP contribution is 2.48. The summed E-state index contributed by atoms with van der Waals surface area (Å²) >= 11 is 0. The summed E-state index contributed by atoms with van der Waals surface area (Å²) in [7, 11) is 0. The molecule has 0 bridgehead atoms. The van der Waals surface area contributed by atoms with Crippen LogP contribution in [0.15, 0.2) is 72.5 Å². The number of allylic oxidation sites excluding steroid dienone is 3. The van der Waals surface area contributed by atoms with Gasteiger partial charge in [-0.3, -0.25) is 4.98 Å². The second-order valence-corrected chi connectivity index (χ2v) is 9.22. The van der Waals surface area contributed by atoms with Crippen LogP contribution in [-0.4, -0.2) is 16.2 Å². The number of aryl methyl sites for hydroxylation is 3. The summed E-state index contributed by atoms with van der Waals surface area (Å²) in [5.41, 5.74) is 5.56. The highest BCUT2D eigenvalue weighted by molar-refractivity contribution is 5.23. The summed E-state index contributed by atoms with van der Waals surface area (Å²) in [5.74, 6) is 1.52. The fraction of sp³-hybridized carbons (Fsp3) is 0.464. The molecule has 0 spiro atoms. The van der Waals surface area contributed by atoms with E-state index in [9.17, 15) is 5.11 Å². The van der Waals surface area contributed by atoms with Crippen LogP contribution in [0.3, 0.4) is 0 Å². The molecule has 2 aliphatic carbocycles. The Morgan fingerprint density at radius 2 is 1.97 bits per heavy atom. The average Bonchev–Trinajstić information content (AvgIpc) is 3.26. The molecule has 1 aromatic heterocycles. The fourth-order valence-electron chi connectivity index (χ4n) is 5.37. The van der Waals surface area contributed by atoms with Crippen molar-refractivity contribution < 1.29 is 5.11 Å². The first-order chi connectivity index (χ1) is 14.7. The molecule has 1 N–H and O–H groups in total. The number of rotatable bonds is 9. The van der Waals surface area contributed by atoms with Gasteiger partial charge >= 0.3 is 0 Å². The Labute approximate surface area is 181 Å². The Bertz CT molecular complexity index is 869.